The van der Waals surface area contributed by atoms with Gasteiger partial charge < -0.3 is 20.3 Å². The Kier molecular flexibility index (Phi) is 7.48. The van der Waals surface area contributed by atoms with E-state index in [1.807, 2.05) is 31.4 Å². The lowest BCUT2D eigenvalue weighted by Crippen LogP contribution is -2.52. The number of hydrogen-bond donors (Lipinski definition) is 2. The number of pyridine rings is 1. The zero-order chi connectivity index (χ0) is 26.8. The molecule has 2 saturated heterocycles. The van der Waals surface area contributed by atoms with Gasteiger partial charge in [0.2, 0.25) is 5.91 Å². The van der Waals surface area contributed by atoms with Gasteiger partial charge in [0.1, 0.15) is 31.0 Å². The number of carbonyl (C=O) groups excluding carboxylic acids is 3. The van der Waals surface area contributed by atoms with Gasteiger partial charge >= 0.3 is 0 Å². The van der Waals surface area contributed by atoms with Crippen LogP contribution in [-0.4, -0.2) is 70.0 Å². The van der Waals surface area contributed by atoms with E-state index in [0.29, 0.717) is 12.0 Å². The normalized spacial score (nSPS) is 21.4. The summed E-state index contributed by atoms with van der Waals surface area (Å²) in [6, 6.07) is 8.85. The first-order valence-electron chi connectivity index (χ1n) is 12.4. The number of hydrogen-bond acceptors (Lipinski definition) is 8. The number of amides is 2. The van der Waals surface area contributed by atoms with E-state index in [0.717, 1.165) is 22.1 Å². The molecule has 2 aliphatic heterocycles. The van der Waals surface area contributed by atoms with Gasteiger partial charge in [-0.15, -0.1) is 11.3 Å². The summed E-state index contributed by atoms with van der Waals surface area (Å²) in [6.45, 7) is 3.44. The van der Waals surface area contributed by atoms with Gasteiger partial charge in [0, 0.05) is 22.7 Å². The largest absolute Gasteiger partial charge is 0.365 e. The van der Waals surface area contributed by atoms with Gasteiger partial charge in [-0.05, 0) is 36.6 Å². The molecular formula is C27H28FN5O4S. The van der Waals surface area contributed by atoms with Crippen LogP contribution >= 0.6 is 11.3 Å². The van der Waals surface area contributed by atoms with E-state index in [4.69, 9.17) is 4.74 Å². The molecule has 0 spiro atoms. The van der Waals surface area contributed by atoms with Crippen LogP contribution in [-0.2, 0) is 14.3 Å². The highest BCUT2D eigenvalue weighted by Gasteiger charge is 2.53. The average molecular weight is 538 g/mol. The Morgan fingerprint density at radius 2 is 2.03 bits per heavy atom. The van der Waals surface area contributed by atoms with Gasteiger partial charge in [0.15, 0.2) is 10.9 Å². The molecule has 1 aromatic carbocycles. The van der Waals surface area contributed by atoms with Gasteiger partial charge in [0.25, 0.3) is 5.91 Å². The predicted octanol–water partition coefficient (Wildman–Crippen LogP) is 3.61. The van der Waals surface area contributed by atoms with Crippen molar-refractivity contribution < 1.29 is 23.5 Å². The summed E-state index contributed by atoms with van der Waals surface area (Å²) >= 11 is 1.45. The van der Waals surface area contributed by atoms with E-state index in [1.54, 1.807) is 36.7 Å². The number of ether oxygens (including phenoxy) is 1. The summed E-state index contributed by atoms with van der Waals surface area (Å²) in [5, 5.41) is 8.65. The molecule has 0 bridgehead atoms. The lowest BCUT2D eigenvalue weighted by Gasteiger charge is -2.28. The smallest absolute Gasteiger partial charge is 0.251 e. The van der Waals surface area contributed by atoms with Gasteiger partial charge in [-0.3, -0.25) is 19.4 Å². The van der Waals surface area contributed by atoms with E-state index in [-0.39, 0.29) is 24.9 Å². The fourth-order valence-electron chi connectivity index (χ4n) is 4.77. The molecule has 11 heteroatoms. The number of thiazole rings is 1. The molecule has 0 radical (unpaired) electrons. The minimum atomic E-state index is -1.43. The number of rotatable bonds is 8. The molecule has 0 unspecified atom stereocenters. The van der Waals surface area contributed by atoms with Crippen molar-refractivity contribution in [3.63, 3.8) is 0 Å². The number of anilines is 2. The zero-order valence-corrected chi connectivity index (χ0v) is 21.8. The van der Waals surface area contributed by atoms with Crippen LogP contribution in [0.25, 0.3) is 11.3 Å². The maximum atomic E-state index is 14.4. The van der Waals surface area contributed by atoms with Crippen molar-refractivity contribution in [3.05, 3.63) is 59.7 Å². The number of carbonyl (C=O) groups is 3. The highest BCUT2D eigenvalue weighted by atomic mass is 32.1. The number of nitrogens with one attached hydrogen (secondary N) is 2. The maximum absolute atomic E-state index is 14.4. The van der Waals surface area contributed by atoms with E-state index in [2.05, 4.69) is 20.6 Å². The molecule has 38 heavy (non-hydrogen) atoms. The van der Waals surface area contributed by atoms with Crippen molar-refractivity contribution in [1.82, 2.24) is 20.2 Å². The molecule has 4 heterocycles. The number of fused-ring (bicyclic) bond motifs is 1. The molecule has 2 aliphatic rings. The number of Topliss-reactive ketones (excluding diaryl/α,β-unsaturated/α-hetero) is 1. The maximum Gasteiger partial charge on any atom is 0.251 e. The molecule has 2 amide bonds. The molecule has 9 nitrogen and oxygen atoms in total. The number of halogens is 1. The highest BCUT2D eigenvalue weighted by Crippen LogP contribution is 2.31. The van der Waals surface area contributed by atoms with E-state index >= 15 is 0 Å². The van der Waals surface area contributed by atoms with Crippen molar-refractivity contribution in [2.75, 3.05) is 18.5 Å². The van der Waals surface area contributed by atoms with E-state index in [1.165, 1.54) is 16.2 Å². The summed E-state index contributed by atoms with van der Waals surface area (Å²) < 4.78 is 19.7. The van der Waals surface area contributed by atoms with Crippen LogP contribution in [0.1, 0.15) is 30.6 Å². The molecule has 3 aromatic rings. The lowest BCUT2D eigenvalue weighted by molar-refractivity contribution is -0.138. The van der Waals surface area contributed by atoms with Crippen molar-refractivity contribution in [1.29, 1.82) is 0 Å². The number of benzene rings is 1. The van der Waals surface area contributed by atoms with Crippen LogP contribution in [0, 0.1) is 5.92 Å². The minimum absolute atomic E-state index is 0.0841. The first kappa shape index (κ1) is 25.9. The average Bonchev–Trinajstić information content (AvgIpc) is 3.61. The Morgan fingerprint density at radius 1 is 1.24 bits per heavy atom. The molecule has 2 aromatic heterocycles. The van der Waals surface area contributed by atoms with Crippen molar-refractivity contribution in [3.8, 4) is 11.3 Å². The SMILES string of the molecule is CC(C)C[C@H](NC(=O)c1ccc(-c2csc(Nc3cccnc3)n2)cc1)C(=O)N1C[C@H](F)[C@H]2OCC(=O)[C@H]21. The second-order valence-electron chi connectivity index (χ2n) is 9.83. The van der Waals surface area contributed by atoms with Gasteiger partial charge in [0.05, 0.1) is 24.1 Å². The molecule has 0 saturated carbocycles. The minimum Gasteiger partial charge on any atom is -0.365 e. The van der Waals surface area contributed by atoms with Crippen molar-refractivity contribution in [2.45, 2.75) is 44.6 Å². The Morgan fingerprint density at radius 3 is 2.74 bits per heavy atom. The van der Waals surface area contributed by atoms with Crippen molar-refractivity contribution in [2.24, 2.45) is 5.92 Å². The van der Waals surface area contributed by atoms with E-state index in [9.17, 15) is 18.8 Å². The molecule has 4 atom stereocenters. The molecule has 198 valence electrons. The predicted molar refractivity (Wildman–Crippen MR) is 141 cm³/mol. The monoisotopic (exact) mass is 537 g/mol. The number of ketones is 1. The van der Waals surface area contributed by atoms with Crippen LogP contribution in [0.4, 0.5) is 15.2 Å². The Labute approximate surface area is 223 Å². The number of nitrogens with zero attached hydrogens (tertiary/aromatic N) is 3. The zero-order valence-electron chi connectivity index (χ0n) is 21.0. The molecule has 5 rings (SSSR count). The summed E-state index contributed by atoms with van der Waals surface area (Å²) in [5.41, 5.74) is 2.81. The second kappa shape index (κ2) is 11.0. The van der Waals surface area contributed by atoms with Gasteiger partial charge in [-0.25, -0.2) is 9.37 Å². The number of aromatic nitrogens is 2. The van der Waals surface area contributed by atoms with Gasteiger partial charge in [-0.2, -0.15) is 0 Å². The topological polar surface area (TPSA) is 114 Å². The fraction of sp³-hybridized carbons (Fsp3) is 0.370. The van der Waals surface area contributed by atoms with Crippen LogP contribution in [0.15, 0.2) is 54.2 Å². The number of likely N-dealkylation sites (tertiary alicyclic amines) is 1. The molecular weight excluding hydrogens is 509 g/mol. The van der Waals surface area contributed by atoms with Gasteiger partial charge in [-0.1, -0.05) is 26.0 Å². The highest BCUT2D eigenvalue weighted by molar-refractivity contribution is 7.14. The van der Waals surface area contributed by atoms with Crippen LogP contribution in [0.3, 0.4) is 0 Å². The molecule has 2 N–H and O–H groups in total. The summed E-state index contributed by atoms with van der Waals surface area (Å²) in [4.78, 5) is 48.6. The Hall–Kier alpha value is -3.70. The summed E-state index contributed by atoms with van der Waals surface area (Å²) in [5.74, 6) is -1.11. The quantitative estimate of drug-likeness (QED) is 0.451. The van der Waals surface area contributed by atoms with Crippen LogP contribution in [0.2, 0.25) is 0 Å². The first-order chi connectivity index (χ1) is 18.3. The van der Waals surface area contributed by atoms with Crippen molar-refractivity contribution >= 4 is 39.8 Å². The molecule has 2 fully saturated rings. The Balaban J connectivity index is 1.26. The standard InChI is InChI=1S/C27H28FN5O4S/c1-15(2)10-20(26(36)33-12-19(28)24-23(33)22(34)13-37-24)31-25(35)17-7-5-16(6-8-17)21-14-38-27(32-21)30-18-4-3-9-29-11-18/h3-9,11,14-15,19-20,23-24H,10,12-13H2,1-2H3,(H,30,32)(H,31,35)/t19-,20-,23+,24+/m0/s1. The fourth-order valence-corrected chi connectivity index (χ4v) is 5.51. The summed E-state index contributed by atoms with van der Waals surface area (Å²) in [7, 11) is 0. The number of alkyl halides is 1. The molecule has 0 aliphatic carbocycles. The third kappa shape index (κ3) is 5.44. The third-order valence-electron chi connectivity index (χ3n) is 6.58. The first-order valence-corrected chi connectivity index (χ1v) is 13.3. The van der Waals surface area contributed by atoms with E-state index < -0.39 is 36.2 Å². The Bertz CT molecular complexity index is 1320. The summed E-state index contributed by atoms with van der Waals surface area (Å²) in [6.07, 6.45) is 1.41. The third-order valence-corrected chi connectivity index (χ3v) is 7.33. The van der Waals surface area contributed by atoms with Crippen LogP contribution in [0.5, 0.6) is 0 Å². The van der Waals surface area contributed by atoms with Crippen LogP contribution < -0.4 is 10.6 Å². The lowest BCUT2D eigenvalue weighted by atomic mass is 10.0. The second-order valence-corrected chi connectivity index (χ2v) is 10.7.